The van der Waals surface area contributed by atoms with Crippen LogP contribution in [0.1, 0.15) is 49.7 Å². The van der Waals surface area contributed by atoms with Crippen LogP contribution in [0.2, 0.25) is 0 Å². The van der Waals surface area contributed by atoms with Gasteiger partial charge in [0.05, 0.1) is 13.5 Å². The molecular formula is C20H29NO4. The number of carbonyl (C=O) groups is 2. The summed E-state index contributed by atoms with van der Waals surface area (Å²) in [6, 6.07) is 6.13. The Hall–Kier alpha value is -2.04. The minimum Gasteiger partial charge on any atom is -0.483 e. The lowest BCUT2D eigenvalue weighted by atomic mass is 9.94. The van der Waals surface area contributed by atoms with Crippen LogP contribution in [0.3, 0.4) is 0 Å². The van der Waals surface area contributed by atoms with Gasteiger partial charge in [-0.25, -0.2) is 0 Å². The van der Waals surface area contributed by atoms with E-state index in [2.05, 4.69) is 0 Å². The summed E-state index contributed by atoms with van der Waals surface area (Å²) in [5.74, 6) is 0.426. The summed E-state index contributed by atoms with van der Waals surface area (Å²) < 4.78 is 10.5. The Labute approximate surface area is 150 Å². The summed E-state index contributed by atoms with van der Waals surface area (Å²) in [5.41, 5.74) is 2.04. The monoisotopic (exact) mass is 347 g/mol. The summed E-state index contributed by atoms with van der Waals surface area (Å²) in [5, 5.41) is 0. The van der Waals surface area contributed by atoms with E-state index in [0.717, 1.165) is 42.6 Å². The normalized spacial score (nSPS) is 14.8. The van der Waals surface area contributed by atoms with Crippen LogP contribution in [-0.4, -0.2) is 43.1 Å². The molecule has 0 aliphatic heterocycles. The largest absolute Gasteiger partial charge is 0.483 e. The van der Waals surface area contributed by atoms with Gasteiger partial charge in [0.25, 0.3) is 5.91 Å². The van der Waals surface area contributed by atoms with Gasteiger partial charge in [0.1, 0.15) is 5.75 Å². The van der Waals surface area contributed by atoms with Gasteiger partial charge in [-0.3, -0.25) is 9.59 Å². The van der Waals surface area contributed by atoms with Crippen molar-refractivity contribution in [1.82, 2.24) is 4.90 Å². The fourth-order valence-electron chi connectivity index (χ4n) is 3.46. The van der Waals surface area contributed by atoms with Crippen LogP contribution in [0, 0.1) is 13.8 Å². The molecule has 1 saturated carbocycles. The number of esters is 1. The van der Waals surface area contributed by atoms with Gasteiger partial charge in [-0.2, -0.15) is 0 Å². The number of aryl methyl sites for hydroxylation is 2. The van der Waals surface area contributed by atoms with E-state index in [-0.39, 0.29) is 30.9 Å². The molecule has 25 heavy (non-hydrogen) atoms. The Balaban J connectivity index is 2.01. The van der Waals surface area contributed by atoms with E-state index in [9.17, 15) is 9.59 Å². The number of hydrogen-bond donors (Lipinski definition) is 0. The first-order valence-electron chi connectivity index (χ1n) is 9.08. The first-order valence-corrected chi connectivity index (χ1v) is 9.08. The first kappa shape index (κ1) is 19.3. The predicted molar refractivity (Wildman–Crippen MR) is 96.6 cm³/mol. The molecule has 0 N–H and O–H groups in total. The fourth-order valence-corrected chi connectivity index (χ4v) is 3.46. The number of rotatable bonds is 7. The van der Waals surface area contributed by atoms with E-state index >= 15 is 0 Å². The van der Waals surface area contributed by atoms with Gasteiger partial charge in [0, 0.05) is 12.6 Å². The number of hydrogen-bond acceptors (Lipinski definition) is 4. The van der Waals surface area contributed by atoms with Crippen molar-refractivity contribution < 1.29 is 19.1 Å². The molecule has 0 saturated heterocycles. The maximum absolute atomic E-state index is 12.8. The van der Waals surface area contributed by atoms with Gasteiger partial charge in [-0.05, 0) is 37.8 Å². The van der Waals surface area contributed by atoms with Crippen LogP contribution in [0.5, 0.6) is 5.75 Å². The minimum absolute atomic E-state index is 0.00334. The van der Waals surface area contributed by atoms with Crippen molar-refractivity contribution in [1.29, 1.82) is 0 Å². The van der Waals surface area contributed by atoms with Gasteiger partial charge < -0.3 is 14.4 Å². The van der Waals surface area contributed by atoms with Crippen LogP contribution < -0.4 is 4.74 Å². The van der Waals surface area contributed by atoms with Crippen molar-refractivity contribution in [2.45, 2.75) is 58.4 Å². The lowest BCUT2D eigenvalue weighted by molar-refractivity contribution is -0.143. The fraction of sp³-hybridized carbons (Fsp3) is 0.600. The molecule has 5 nitrogen and oxygen atoms in total. The minimum atomic E-state index is -0.288. The standard InChI is InChI=1S/C20H29NO4/c1-15-8-7-9-16(2)20(15)25-14-18(22)21(13-12-19(23)24-3)17-10-5-4-6-11-17/h7-9,17H,4-6,10-14H2,1-3H3. The molecule has 0 bridgehead atoms. The van der Waals surface area contributed by atoms with Gasteiger partial charge in [-0.1, -0.05) is 37.5 Å². The van der Waals surface area contributed by atoms with Gasteiger partial charge in [0.2, 0.25) is 0 Å². The van der Waals surface area contributed by atoms with E-state index in [1.807, 2.05) is 36.9 Å². The molecule has 1 fully saturated rings. The zero-order valence-electron chi connectivity index (χ0n) is 15.5. The van der Waals surface area contributed by atoms with Crippen molar-refractivity contribution in [3.63, 3.8) is 0 Å². The maximum atomic E-state index is 12.8. The van der Waals surface area contributed by atoms with E-state index in [1.165, 1.54) is 13.5 Å². The topological polar surface area (TPSA) is 55.8 Å². The molecule has 0 radical (unpaired) electrons. The lowest BCUT2D eigenvalue weighted by Crippen LogP contribution is -2.45. The van der Waals surface area contributed by atoms with Gasteiger partial charge in [0.15, 0.2) is 6.61 Å². The van der Waals surface area contributed by atoms with Gasteiger partial charge in [-0.15, -0.1) is 0 Å². The van der Waals surface area contributed by atoms with Crippen LogP contribution in [0.25, 0.3) is 0 Å². The highest BCUT2D eigenvalue weighted by molar-refractivity contribution is 5.79. The summed E-state index contributed by atoms with van der Waals surface area (Å²) in [7, 11) is 1.37. The smallest absolute Gasteiger partial charge is 0.307 e. The third kappa shape index (κ3) is 5.48. The first-order chi connectivity index (χ1) is 12.0. The zero-order valence-corrected chi connectivity index (χ0v) is 15.5. The SMILES string of the molecule is COC(=O)CCN(C(=O)COc1c(C)cccc1C)C1CCCCC1. The highest BCUT2D eigenvalue weighted by Gasteiger charge is 2.26. The average Bonchev–Trinajstić information content (AvgIpc) is 2.62. The Morgan fingerprint density at radius 2 is 1.76 bits per heavy atom. The highest BCUT2D eigenvalue weighted by Crippen LogP contribution is 2.25. The van der Waals surface area contributed by atoms with Crippen LogP contribution >= 0.6 is 0 Å². The number of ether oxygens (including phenoxy) is 2. The summed E-state index contributed by atoms with van der Waals surface area (Å²) in [6.45, 7) is 4.35. The predicted octanol–water partition coefficient (Wildman–Crippen LogP) is 3.41. The highest BCUT2D eigenvalue weighted by atomic mass is 16.5. The molecule has 1 aromatic rings. The molecule has 0 atom stereocenters. The quantitative estimate of drug-likeness (QED) is 0.709. The molecule has 5 heteroatoms. The van der Waals surface area contributed by atoms with E-state index < -0.39 is 0 Å². The average molecular weight is 347 g/mol. The summed E-state index contributed by atoms with van der Waals surface area (Å²) >= 11 is 0. The number of benzene rings is 1. The van der Waals surface area contributed by atoms with Crippen molar-refractivity contribution in [3.8, 4) is 5.75 Å². The molecule has 1 aliphatic carbocycles. The van der Waals surface area contributed by atoms with Crippen LogP contribution in [0.15, 0.2) is 18.2 Å². The summed E-state index contributed by atoms with van der Waals surface area (Å²) in [4.78, 5) is 26.1. The molecule has 2 rings (SSSR count). The van der Waals surface area contributed by atoms with E-state index in [0.29, 0.717) is 6.54 Å². The molecule has 0 unspecified atom stereocenters. The molecule has 1 amide bonds. The zero-order chi connectivity index (χ0) is 18.2. The molecular weight excluding hydrogens is 318 g/mol. The molecule has 0 aromatic heterocycles. The Bertz CT molecular complexity index is 573. The van der Waals surface area contributed by atoms with Crippen molar-refractivity contribution in [3.05, 3.63) is 29.3 Å². The number of carbonyl (C=O) groups excluding carboxylic acids is 2. The van der Waals surface area contributed by atoms with Crippen molar-refractivity contribution in [2.24, 2.45) is 0 Å². The molecule has 138 valence electrons. The molecule has 0 heterocycles. The molecule has 1 aromatic carbocycles. The number of nitrogens with zero attached hydrogens (tertiary/aromatic N) is 1. The van der Waals surface area contributed by atoms with E-state index in [4.69, 9.17) is 9.47 Å². The molecule has 1 aliphatic rings. The van der Waals surface area contributed by atoms with Gasteiger partial charge >= 0.3 is 5.97 Å². The van der Waals surface area contributed by atoms with Crippen molar-refractivity contribution >= 4 is 11.9 Å². The Morgan fingerprint density at radius 3 is 2.36 bits per heavy atom. The second-order valence-electron chi connectivity index (χ2n) is 6.71. The third-order valence-electron chi connectivity index (χ3n) is 4.87. The second-order valence-corrected chi connectivity index (χ2v) is 6.71. The number of amides is 1. The number of para-hydroxylation sites is 1. The third-order valence-corrected chi connectivity index (χ3v) is 4.87. The Morgan fingerprint density at radius 1 is 1.12 bits per heavy atom. The Kier molecular flexibility index (Phi) is 7.29. The maximum Gasteiger partial charge on any atom is 0.307 e. The number of methoxy groups -OCH3 is 1. The van der Waals surface area contributed by atoms with Crippen molar-refractivity contribution in [2.75, 3.05) is 20.3 Å². The lowest BCUT2D eigenvalue weighted by Gasteiger charge is -2.34. The van der Waals surface area contributed by atoms with Crippen LogP contribution in [0.4, 0.5) is 0 Å². The van der Waals surface area contributed by atoms with E-state index in [1.54, 1.807) is 0 Å². The van der Waals surface area contributed by atoms with Crippen LogP contribution in [-0.2, 0) is 14.3 Å². The second kappa shape index (κ2) is 9.44. The summed E-state index contributed by atoms with van der Waals surface area (Å²) in [6.07, 6.45) is 5.69. The molecule has 0 spiro atoms.